The maximum atomic E-state index is 4.32. The lowest BCUT2D eigenvalue weighted by Crippen LogP contribution is -2.41. The van der Waals surface area contributed by atoms with Gasteiger partial charge in [-0.3, -0.25) is 4.99 Å². The predicted octanol–water partition coefficient (Wildman–Crippen LogP) is 3.38. The van der Waals surface area contributed by atoms with Gasteiger partial charge in [0.2, 0.25) is 0 Å². The fourth-order valence-electron chi connectivity index (χ4n) is 2.51. The summed E-state index contributed by atoms with van der Waals surface area (Å²) in [6.45, 7) is 6.23. The van der Waals surface area contributed by atoms with Crippen molar-refractivity contribution in [2.75, 3.05) is 21.1 Å². The molecule has 1 aromatic carbocycles. The molecule has 1 atom stereocenters. The van der Waals surface area contributed by atoms with Crippen LogP contribution in [0.3, 0.4) is 0 Å². The van der Waals surface area contributed by atoms with Crippen LogP contribution in [0, 0.1) is 0 Å². The smallest absolute Gasteiger partial charge is 0.191 e. The zero-order valence-electron chi connectivity index (χ0n) is 15.5. The molecule has 0 radical (unpaired) electrons. The van der Waals surface area contributed by atoms with Gasteiger partial charge in [0.15, 0.2) is 5.96 Å². The van der Waals surface area contributed by atoms with Crippen LogP contribution < -0.4 is 10.6 Å². The molecule has 0 aliphatic rings. The maximum Gasteiger partial charge on any atom is 0.191 e. The van der Waals surface area contributed by atoms with E-state index in [0.717, 1.165) is 19.0 Å². The van der Waals surface area contributed by atoms with E-state index in [2.05, 4.69) is 72.7 Å². The van der Waals surface area contributed by atoms with Gasteiger partial charge in [-0.2, -0.15) is 0 Å². The van der Waals surface area contributed by atoms with E-state index < -0.39 is 0 Å². The Labute approximate surface area is 142 Å². The molecule has 0 bridgehead atoms. The van der Waals surface area contributed by atoms with Crippen molar-refractivity contribution in [1.82, 2.24) is 15.5 Å². The van der Waals surface area contributed by atoms with Crippen LogP contribution in [-0.4, -0.2) is 38.0 Å². The van der Waals surface area contributed by atoms with Crippen molar-refractivity contribution in [3.8, 4) is 0 Å². The normalized spacial score (nSPS) is 13.2. The van der Waals surface area contributed by atoms with Gasteiger partial charge in [-0.05, 0) is 38.6 Å². The minimum absolute atomic E-state index is 0.454. The molecule has 130 valence electrons. The second-order valence-corrected chi connectivity index (χ2v) is 6.52. The Bertz CT molecular complexity index is 451. The molecule has 1 unspecified atom stereocenters. The van der Waals surface area contributed by atoms with Crippen LogP contribution in [0.5, 0.6) is 0 Å². The first-order chi connectivity index (χ1) is 11.0. The molecule has 0 heterocycles. The largest absolute Gasteiger partial charge is 0.354 e. The number of nitrogens with one attached hydrogen (secondary N) is 2. The monoisotopic (exact) mass is 318 g/mol. The summed E-state index contributed by atoms with van der Waals surface area (Å²) >= 11 is 0. The van der Waals surface area contributed by atoms with Gasteiger partial charge in [-0.25, -0.2) is 0 Å². The first-order valence-electron chi connectivity index (χ1n) is 8.74. The molecular formula is C19H34N4. The van der Waals surface area contributed by atoms with Crippen LogP contribution in [0.2, 0.25) is 0 Å². The number of guanidine groups is 1. The average molecular weight is 319 g/mol. The van der Waals surface area contributed by atoms with E-state index in [1.54, 1.807) is 0 Å². The highest BCUT2D eigenvalue weighted by Crippen LogP contribution is 2.06. The summed E-state index contributed by atoms with van der Waals surface area (Å²) in [6, 6.07) is 9.21. The third-order valence-electron chi connectivity index (χ3n) is 3.83. The van der Waals surface area contributed by atoms with E-state index in [-0.39, 0.29) is 0 Å². The standard InChI is InChI=1S/C19H34N4/c1-6-7-8-9-16(2)22-19(20-3)21-14-17-10-12-18(13-11-17)15-23(4)5/h10-13,16H,6-9,14-15H2,1-5H3,(H2,20,21,22). The molecule has 4 heteroatoms. The molecule has 2 N–H and O–H groups in total. The zero-order chi connectivity index (χ0) is 17.1. The van der Waals surface area contributed by atoms with E-state index >= 15 is 0 Å². The second-order valence-electron chi connectivity index (χ2n) is 6.52. The minimum atomic E-state index is 0.454. The first kappa shape index (κ1) is 19.5. The van der Waals surface area contributed by atoms with Crippen LogP contribution in [-0.2, 0) is 13.1 Å². The number of unbranched alkanes of at least 4 members (excludes halogenated alkanes) is 2. The highest BCUT2D eigenvalue weighted by Gasteiger charge is 2.05. The Kier molecular flexibility index (Phi) is 9.37. The van der Waals surface area contributed by atoms with Crippen molar-refractivity contribution < 1.29 is 0 Å². The Morgan fingerprint density at radius 3 is 2.35 bits per heavy atom. The SMILES string of the molecule is CCCCCC(C)NC(=NC)NCc1ccc(CN(C)C)cc1. The van der Waals surface area contributed by atoms with E-state index in [1.165, 1.54) is 36.8 Å². The van der Waals surface area contributed by atoms with Crippen LogP contribution in [0.15, 0.2) is 29.3 Å². The summed E-state index contributed by atoms with van der Waals surface area (Å²) in [6.07, 6.45) is 5.03. The number of rotatable bonds is 9. The number of hydrogen-bond acceptors (Lipinski definition) is 2. The lowest BCUT2D eigenvalue weighted by atomic mass is 10.1. The summed E-state index contributed by atoms with van der Waals surface area (Å²) in [4.78, 5) is 6.50. The van der Waals surface area contributed by atoms with E-state index in [9.17, 15) is 0 Å². The number of hydrogen-bond donors (Lipinski definition) is 2. The Morgan fingerprint density at radius 2 is 1.78 bits per heavy atom. The molecule has 0 aromatic heterocycles. The van der Waals surface area contributed by atoms with Crippen LogP contribution >= 0.6 is 0 Å². The van der Waals surface area contributed by atoms with Gasteiger partial charge in [-0.1, -0.05) is 50.5 Å². The van der Waals surface area contributed by atoms with Crippen molar-refractivity contribution in [3.05, 3.63) is 35.4 Å². The molecule has 0 aliphatic heterocycles. The van der Waals surface area contributed by atoms with Gasteiger partial charge in [0.1, 0.15) is 0 Å². The number of benzene rings is 1. The average Bonchev–Trinajstić information content (AvgIpc) is 2.52. The van der Waals surface area contributed by atoms with Crippen molar-refractivity contribution in [3.63, 3.8) is 0 Å². The number of aliphatic imine (C=N–C) groups is 1. The molecule has 23 heavy (non-hydrogen) atoms. The quantitative estimate of drug-likeness (QED) is 0.416. The summed E-state index contributed by atoms with van der Waals surface area (Å²) in [5.41, 5.74) is 2.61. The van der Waals surface area contributed by atoms with Gasteiger partial charge in [0.05, 0.1) is 0 Å². The summed E-state index contributed by atoms with van der Waals surface area (Å²) in [5.74, 6) is 0.881. The molecule has 0 spiro atoms. The molecule has 1 rings (SSSR count). The van der Waals surface area contributed by atoms with Gasteiger partial charge in [0.25, 0.3) is 0 Å². The van der Waals surface area contributed by atoms with Crippen molar-refractivity contribution >= 4 is 5.96 Å². The summed E-state index contributed by atoms with van der Waals surface area (Å²) in [7, 11) is 6.01. The van der Waals surface area contributed by atoms with E-state index in [1.807, 2.05) is 7.05 Å². The predicted molar refractivity (Wildman–Crippen MR) is 101 cm³/mol. The van der Waals surface area contributed by atoms with E-state index in [4.69, 9.17) is 0 Å². The highest BCUT2D eigenvalue weighted by atomic mass is 15.2. The summed E-state index contributed by atoms with van der Waals surface area (Å²) in [5, 5.41) is 6.86. The minimum Gasteiger partial charge on any atom is -0.354 e. The van der Waals surface area contributed by atoms with E-state index in [0.29, 0.717) is 6.04 Å². The molecule has 4 nitrogen and oxygen atoms in total. The molecule has 0 saturated heterocycles. The Morgan fingerprint density at radius 1 is 1.13 bits per heavy atom. The van der Waals surface area contributed by atoms with Crippen LogP contribution in [0.25, 0.3) is 0 Å². The van der Waals surface area contributed by atoms with Crippen LogP contribution in [0.1, 0.15) is 50.7 Å². The van der Waals surface area contributed by atoms with Gasteiger partial charge in [0, 0.05) is 26.2 Å². The first-order valence-corrected chi connectivity index (χ1v) is 8.74. The molecule has 0 saturated carbocycles. The molecule has 0 amide bonds. The van der Waals surface area contributed by atoms with Crippen molar-refractivity contribution in [2.45, 2.75) is 58.7 Å². The fraction of sp³-hybridized carbons (Fsp3) is 0.632. The molecule has 0 fully saturated rings. The van der Waals surface area contributed by atoms with Crippen molar-refractivity contribution in [1.29, 1.82) is 0 Å². The van der Waals surface area contributed by atoms with Crippen molar-refractivity contribution in [2.24, 2.45) is 4.99 Å². The zero-order valence-corrected chi connectivity index (χ0v) is 15.5. The molecular weight excluding hydrogens is 284 g/mol. The van der Waals surface area contributed by atoms with Gasteiger partial charge >= 0.3 is 0 Å². The summed E-state index contributed by atoms with van der Waals surface area (Å²) < 4.78 is 0. The second kappa shape index (κ2) is 11.1. The third kappa shape index (κ3) is 8.60. The van der Waals surface area contributed by atoms with Crippen LogP contribution in [0.4, 0.5) is 0 Å². The maximum absolute atomic E-state index is 4.32. The molecule has 1 aromatic rings. The van der Waals surface area contributed by atoms with Gasteiger partial charge < -0.3 is 15.5 Å². The molecule has 0 aliphatic carbocycles. The van der Waals surface area contributed by atoms with Gasteiger partial charge in [-0.15, -0.1) is 0 Å². The Balaban J connectivity index is 2.39. The Hall–Kier alpha value is -1.55. The number of nitrogens with zero attached hydrogens (tertiary/aromatic N) is 2. The third-order valence-corrected chi connectivity index (χ3v) is 3.83. The fourth-order valence-corrected chi connectivity index (χ4v) is 2.51. The highest BCUT2D eigenvalue weighted by molar-refractivity contribution is 5.79. The lowest BCUT2D eigenvalue weighted by Gasteiger charge is -2.18. The lowest BCUT2D eigenvalue weighted by molar-refractivity contribution is 0.402. The topological polar surface area (TPSA) is 39.7 Å².